The second-order valence-corrected chi connectivity index (χ2v) is 6.18. The lowest BCUT2D eigenvalue weighted by Crippen LogP contribution is -2.31. The molecule has 3 N–H and O–H groups in total. The molecule has 0 heterocycles. The van der Waals surface area contributed by atoms with Crippen LogP contribution < -0.4 is 11.1 Å². The first-order chi connectivity index (χ1) is 9.13. The molecule has 3 rings (SSSR count). The number of hydrogen-bond acceptors (Lipinski definition) is 2. The lowest BCUT2D eigenvalue weighted by atomic mass is 9.98. The summed E-state index contributed by atoms with van der Waals surface area (Å²) in [5.41, 5.74) is 8.16. The van der Waals surface area contributed by atoms with Crippen LogP contribution in [0.25, 0.3) is 0 Å². The summed E-state index contributed by atoms with van der Waals surface area (Å²) in [6.07, 6.45) is 5.42. The first-order valence-corrected chi connectivity index (χ1v) is 7.29. The number of aryl methyl sites for hydroxylation is 1. The first kappa shape index (κ1) is 12.5. The molecule has 0 unspecified atom stereocenters. The van der Waals surface area contributed by atoms with Crippen molar-refractivity contribution >= 4 is 11.6 Å². The van der Waals surface area contributed by atoms with Crippen molar-refractivity contribution < 1.29 is 4.79 Å². The normalized spacial score (nSPS) is 18.6. The van der Waals surface area contributed by atoms with Gasteiger partial charge < -0.3 is 11.1 Å². The van der Waals surface area contributed by atoms with E-state index in [2.05, 4.69) is 5.32 Å². The number of carbonyl (C=O) groups is 1. The molecule has 102 valence electrons. The number of benzene rings is 1. The molecule has 0 aliphatic heterocycles. The second-order valence-electron chi connectivity index (χ2n) is 6.18. The Hall–Kier alpha value is -1.51. The van der Waals surface area contributed by atoms with Gasteiger partial charge in [0.05, 0.1) is 0 Å². The first-order valence-electron chi connectivity index (χ1n) is 7.29. The predicted octanol–water partition coefficient (Wildman–Crippen LogP) is 2.74. The van der Waals surface area contributed by atoms with E-state index in [1.807, 2.05) is 19.1 Å². The second kappa shape index (κ2) is 4.87. The number of carbonyl (C=O) groups excluding carboxylic acids is 1. The molecule has 0 atom stereocenters. The maximum Gasteiger partial charge on any atom is 0.251 e. The van der Waals surface area contributed by atoms with E-state index in [-0.39, 0.29) is 5.91 Å². The zero-order valence-electron chi connectivity index (χ0n) is 11.5. The van der Waals surface area contributed by atoms with Crippen LogP contribution in [-0.2, 0) is 0 Å². The van der Waals surface area contributed by atoms with Crippen molar-refractivity contribution in [3.05, 3.63) is 29.3 Å². The Kier molecular flexibility index (Phi) is 3.21. The fraction of sp³-hybridized carbons (Fsp3) is 0.562. The highest BCUT2D eigenvalue weighted by molar-refractivity contribution is 5.95. The molecule has 2 fully saturated rings. The van der Waals surface area contributed by atoms with E-state index in [1.54, 1.807) is 6.07 Å². The van der Waals surface area contributed by atoms with Gasteiger partial charge in [-0.1, -0.05) is 0 Å². The summed E-state index contributed by atoms with van der Waals surface area (Å²) in [6.45, 7) is 2.80. The van der Waals surface area contributed by atoms with Gasteiger partial charge in [0.2, 0.25) is 0 Å². The molecule has 0 aromatic heterocycles. The molecule has 0 saturated heterocycles. The smallest absolute Gasteiger partial charge is 0.251 e. The number of nitrogens with two attached hydrogens (primary N) is 1. The molecule has 2 saturated carbocycles. The topological polar surface area (TPSA) is 55.1 Å². The molecule has 19 heavy (non-hydrogen) atoms. The number of nitrogens with one attached hydrogen (secondary N) is 1. The number of anilines is 1. The van der Waals surface area contributed by atoms with Gasteiger partial charge in [0.15, 0.2) is 0 Å². The van der Waals surface area contributed by atoms with E-state index in [4.69, 9.17) is 5.73 Å². The highest BCUT2D eigenvalue weighted by Gasteiger charge is 2.41. The van der Waals surface area contributed by atoms with E-state index < -0.39 is 0 Å². The Labute approximate surface area is 114 Å². The standard InChI is InChI=1S/C16H22N2O/c1-10-6-13(8-14(17)7-10)16(19)18-9-15(11-2-3-11)12-4-5-12/h6-8,11-12,15H,2-5,9,17H2,1H3,(H,18,19). The molecule has 3 heteroatoms. The Bertz CT molecular complexity index is 457. The molecular formula is C16H22N2O. The summed E-state index contributed by atoms with van der Waals surface area (Å²) in [5.74, 6) is 2.47. The van der Waals surface area contributed by atoms with Crippen LogP contribution in [0.3, 0.4) is 0 Å². The fourth-order valence-corrected chi connectivity index (χ4v) is 3.02. The summed E-state index contributed by atoms with van der Waals surface area (Å²) in [5, 5.41) is 3.10. The fourth-order valence-electron chi connectivity index (χ4n) is 3.02. The molecule has 2 aliphatic rings. The third kappa shape index (κ3) is 3.09. The Balaban J connectivity index is 1.60. The average Bonchev–Trinajstić information content (AvgIpc) is 3.22. The van der Waals surface area contributed by atoms with Gasteiger partial charge in [-0.25, -0.2) is 0 Å². The van der Waals surface area contributed by atoms with Crippen LogP contribution >= 0.6 is 0 Å². The third-order valence-corrected chi connectivity index (χ3v) is 4.32. The van der Waals surface area contributed by atoms with Gasteiger partial charge in [-0.05, 0) is 74.1 Å². The van der Waals surface area contributed by atoms with Crippen molar-refractivity contribution in [3.8, 4) is 0 Å². The van der Waals surface area contributed by atoms with E-state index in [1.165, 1.54) is 25.7 Å². The van der Waals surface area contributed by atoms with Crippen molar-refractivity contribution in [2.75, 3.05) is 12.3 Å². The Morgan fingerprint density at radius 3 is 2.42 bits per heavy atom. The summed E-state index contributed by atoms with van der Waals surface area (Å²) in [6, 6.07) is 5.54. The third-order valence-electron chi connectivity index (χ3n) is 4.32. The minimum absolute atomic E-state index is 0.0155. The van der Waals surface area contributed by atoms with Crippen LogP contribution in [0.2, 0.25) is 0 Å². The van der Waals surface area contributed by atoms with Crippen molar-refractivity contribution in [1.29, 1.82) is 0 Å². The van der Waals surface area contributed by atoms with Gasteiger partial charge in [-0.3, -0.25) is 4.79 Å². The quantitative estimate of drug-likeness (QED) is 0.798. The molecule has 0 bridgehead atoms. The van der Waals surface area contributed by atoms with Gasteiger partial charge in [0.1, 0.15) is 0 Å². The molecule has 2 aliphatic carbocycles. The zero-order chi connectivity index (χ0) is 13.4. The maximum absolute atomic E-state index is 12.2. The zero-order valence-corrected chi connectivity index (χ0v) is 11.5. The van der Waals surface area contributed by atoms with E-state index >= 15 is 0 Å². The molecule has 1 amide bonds. The minimum atomic E-state index is 0.0155. The maximum atomic E-state index is 12.2. The van der Waals surface area contributed by atoms with Crippen LogP contribution in [0.4, 0.5) is 5.69 Å². The van der Waals surface area contributed by atoms with E-state index in [0.29, 0.717) is 17.2 Å². The van der Waals surface area contributed by atoms with Gasteiger partial charge in [-0.15, -0.1) is 0 Å². The Morgan fingerprint density at radius 1 is 1.26 bits per heavy atom. The van der Waals surface area contributed by atoms with Crippen molar-refractivity contribution in [3.63, 3.8) is 0 Å². The van der Waals surface area contributed by atoms with Crippen LogP contribution in [0.5, 0.6) is 0 Å². The summed E-state index contributed by atoms with van der Waals surface area (Å²) in [4.78, 5) is 12.2. The van der Waals surface area contributed by atoms with Gasteiger partial charge in [0.25, 0.3) is 5.91 Å². The lowest BCUT2D eigenvalue weighted by molar-refractivity contribution is 0.0943. The number of amides is 1. The van der Waals surface area contributed by atoms with Crippen molar-refractivity contribution in [2.24, 2.45) is 17.8 Å². The van der Waals surface area contributed by atoms with Gasteiger partial charge in [0, 0.05) is 17.8 Å². The van der Waals surface area contributed by atoms with Gasteiger partial charge in [-0.2, -0.15) is 0 Å². The Morgan fingerprint density at radius 2 is 1.89 bits per heavy atom. The summed E-state index contributed by atoms with van der Waals surface area (Å²) < 4.78 is 0. The molecule has 1 aromatic rings. The summed E-state index contributed by atoms with van der Waals surface area (Å²) >= 11 is 0. The molecule has 0 spiro atoms. The minimum Gasteiger partial charge on any atom is -0.399 e. The predicted molar refractivity (Wildman–Crippen MR) is 76.9 cm³/mol. The monoisotopic (exact) mass is 258 g/mol. The lowest BCUT2D eigenvalue weighted by Gasteiger charge is -2.16. The molecular weight excluding hydrogens is 236 g/mol. The summed E-state index contributed by atoms with van der Waals surface area (Å²) in [7, 11) is 0. The van der Waals surface area contributed by atoms with Crippen LogP contribution in [0, 0.1) is 24.7 Å². The molecule has 3 nitrogen and oxygen atoms in total. The van der Waals surface area contributed by atoms with Crippen LogP contribution in [0.1, 0.15) is 41.6 Å². The largest absolute Gasteiger partial charge is 0.399 e. The van der Waals surface area contributed by atoms with Crippen molar-refractivity contribution in [2.45, 2.75) is 32.6 Å². The van der Waals surface area contributed by atoms with Crippen LogP contribution in [-0.4, -0.2) is 12.5 Å². The average molecular weight is 258 g/mol. The van der Waals surface area contributed by atoms with E-state index in [0.717, 1.165) is 23.9 Å². The van der Waals surface area contributed by atoms with E-state index in [9.17, 15) is 4.79 Å². The van der Waals surface area contributed by atoms with Crippen molar-refractivity contribution in [1.82, 2.24) is 5.32 Å². The number of hydrogen-bond donors (Lipinski definition) is 2. The van der Waals surface area contributed by atoms with Gasteiger partial charge >= 0.3 is 0 Å². The van der Waals surface area contributed by atoms with Crippen LogP contribution in [0.15, 0.2) is 18.2 Å². The highest BCUT2D eigenvalue weighted by Crippen LogP contribution is 2.48. The highest BCUT2D eigenvalue weighted by atomic mass is 16.1. The SMILES string of the molecule is Cc1cc(N)cc(C(=O)NCC(C2CC2)C2CC2)c1. The number of nitrogen functional groups attached to an aromatic ring is 1. The number of rotatable bonds is 5. The molecule has 1 aromatic carbocycles. The molecule has 0 radical (unpaired) electrons.